The highest BCUT2D eigenvalue weighted by Crippen LogP contribution is 2.31. The Morgan fingerprint density at radius 3 is 2.17 bits per heavy atom. The van der Waals surface area contributed by atoms with Gasteiger partial charge in [0.2, 0.25) is 0 Å². The van der Waals surface area contributed by atoms with Crippen molar-refractivity contribution in [2.24, 2.45) is 0 Å². The average molecular weight is 326 g/mol. The summed E-state index contributed by atoms with van der Waals surface area (Å²) in [4.78, 5) is 0.310. The summed E-state index contributed by atoms with van der Waals surface area (Å²) in [6, 6.07) is 13.1. The monoisotopic (exact) mass is 326 g/mol. The van der Waals surface area contributed by atoms with E-state index in [2.05, 4.69) is 42.2 Å². The Morgan fingerprint density at radius 1 is 0.913 bits per heavy atom. The highest BCUT2D eigenvalue weighted by atomic mass is 32.2. The average Bonchev–Trinajstić information content (AvgIpc) is 2.99. The Balaban J connectivity index is 2.05. The standard InChI is InChI=1S/C18H18N2O2S/c1-12-4-5-15(10-13(12)2)17-11-19-20-18(17)14-6-8-16(9-7-14)23(3,21)22/h4-11H,1-3H3,(H,19,20). The maximum absolute atomic E-state index is 11.6. The lowest BCUT2D eigenvalue weighted by Crippen LogP contribution is -1.96. The summed E-state index contributed by atoms with van der Waals surface area (Å²) in [7, 11) is -3.19. The molecule has 3 aromatic rings. The summed E-state index contributed by atoms with van der Waals surface area (Å²) in [5.41, 5.74) is 6.25. The van der Waals surface area contributed by atoms with Crippen LogP contribution in [0.2, 0.25) is 0 Å². The Hall–Kier alpha value is -2.40. The third-order valence-electron chi connectivity index (χ3n) is 4.01. The van der Waals surface area contributed by atoms with Crippen LogP contribution in [0.15, 0.2) is 53.6 Å². The van der Waals surface area contributed by atoms with E-state index < -0.39 is 9.84 Å². The molecule has 0 fully saturated rings. The van der Waals surface area contributed by atoms with E-state index >= 15 is 0 Å². The van der Waals surface area contributed by atoms with Crippen molar-refractivity contribution in [2.75, 3.05) is 6.26 Å². The first kappa shape index (κ1) is 15.5. The largest absolute Gasteiger partial charge is 0.284 e. The Morgan fingerprint density at radius 2 is 1.57 bits per heavy atom. The molecular weight excluding hydrogens is 308 g/mol. The normalized spacial score (nSPS) is 11.6. The molecule has 0 amide bonds. The molecule has 1 N–H and O–H groups in total. The smallest absolute Gasteiger partial charge is 0.175 e. The molecule has 0 saturated carbocycles. The van der Waals surface area contributed by atoms with Gasteiger partial charge in [0.15, 0.2) is 9.84 Å². The van der Waals surface area contributed by atoms with E-state index in [1.807, 2.05) is 6.20 Å². The van der Waals surface area contributed by atoms with E-state index in [0.29, 0.717) is 4.90 Å². The number of rotatable bonds is 3. The van der Waals surface area contributed by atoms with Crippen LogP contribution in [0, 0.1) is 13.8 Å². The number of aryl methyl sites for hydroxylation is 2. The molecule has 0 bridgehead atoms. The predicted molar refractivity (Wildman–Crippen MR) is 92.0 cm³/mol. The molecule has 0 aliphatic carbocycles. The fourth-order valence-electron chi connectivity index (χ4n) is 2.50. The molecule has 23 heavy (non-hydrogen) atoms. The Labute approximate surface area is 136 Å². The minimum atomic E-state index is -3.19. The molecular formula is C18H18N2O2S. The molecule has 1 heterocycles. The minimum Gasteiger partial charge on any atom is -0.284 e. The number of hydrogen-bond acceptors (Lipinski definition) is 3. The summed E-state index contributed by atoms with van der Waals surface area (Å²) in [5.74, 6) is 0. The highest BCUT2D eigenvalue weighted by molar-refractivity contribution is 7.90. The molecule has 0 atom stereocenters. The first-order valence-corrected chi connectivity index (χ1v) is 9.17. The summed E-state index contributed by atoms with van der Waals surface area (Å²) in [5, 5.41) is 7.24. The molecule has 1 aromatic heterocycles. The fourth-order valence-corrected chi connectivity index (χ4v) is 3.13. The Bertz CT molecular complexity index is 955. The fraction of sp³-hybridized carbons (Fsp3) is 0.167. The van der Waals surface area contributed by atoms with Crippen molar-refractivity contribution in [3.63, 3.8) is 0 Å². The number of nitrogens with one attached hydrogen (secondary N) is 1. The third kappa shape index (κ3) is 3.05. The topological polar surface area (TPSA) is 62.8 Å². The van der Waals surface area contributed by atoms with Crippen LogP contribution < -0.4 is 0 Å². The first-order valence-electron chi connectivity index (χ1n) is 7.28. The van der Waals surface area contributed by atoms with E-state index in [1.165, 1.54) is 17.4 Å². The van der Waals surface area contributed by atoms with Crippen molar-refractivity contribution in [3.05, 3.63) is 59.8 Å². The lowest BCUT2D eigenvalue weighted by Gasteiger charge is -2.07. The molecule has 4 nitrogen and oxygen atoms in total. The van der Waals surface area contributed by atoms with E-state index in [-0.39, 0.29) is 0 Å². The number of aromatic amines is 1. The molecule has 0 radical (unpaired) electrons. The third-order valence-corrected chi connectivity index (χ3v) is 5.14. The van der Waals surface area contributed by atoms with Gasteiger partial charge < -0.3 is 0 Å². The van der Waals surface area contributed by atoms with Gasteiger partial charge in [0, 0.05) is 23.6 Å². The molecule has 2 aromatic carbocycles. The molecule has 0 unspecified atom stereocenters. The lowest BCUT2D eigenvalue weighted by molar-refractivity contribution is 0.602. The van der Waals surface area contributed by atoms with Gasteiger partial charge in [0.1, 0.15) is 0 Å². The second-order valence-corrected chi connectivity index (χ2v) is 7.76. The molecule has 118 valence electrons. The van der Waals surface area contributed by atoms with Gasteiger partial charge in [0.25, 0.3) is 0 Å². The number of nitrogens with zero attached hydrogens (tertiary/aromatic N) is 1. The van der Waals surface area contributed by atoms with Crippen LogP contribution in [-0.2, 0) is 9.84 Å². The van der Waals surface area contributed by atoms with E-state index in [4.69, 9.17) is 0 Å². The molecule has 5 heteroatoms. The van der Waals surface area contributed by atoms with Crippen LogP contribution in [0.1, 0.15) is 11.1 Å². The second-order valence-electron chi connectivity index (χ2n) is 5.74. The second kappa shape index (κ2) is 5.66. The van der Waals surface area contributed by atoms with Crippen molar-refractivity contribution in [2.45, 2.75) is 18.7 Å². The number of benzene rings is 2. The summed E-state index contributed by atoms with van der Waals surface area (Å²) in [6.07, 6.45) is 3.07. The van der Waals surface area contributed by atoms with E-state index in [9.17, 15) is 8.42 Å². The van der Waals surface area contributed by atoms with Crippen molar-refractivity contribution in [1.29, 1.82) is 0 Å². The van der Waals surface area contributed by atoms with Gasteiger partial charge in [-0.05, 0) is 42.7 Å². The van der Waals surface area contributed by atoms with Gasteiger partial charge in [-0.3, -0.25) is 5.10 Å². The zero-order valence-electron chi connectivity index (χ0n) is 13.3. The molecule has 0 spiro atoms. The van der Waals surface area contributed by atoms with Crippen LogP contribution in [0.3, 0.4) is 0 Å². The summed E-state index contributed by atoms with van der Waals surface area (Å²) in [6.45, 7) is 4.17. The molecule has 0 saturated heterocycles. The van der Waals surface area contributed by atoms with Gasteiger partial charge in [-0.25, -0.2) is 8.42 Å². The van der Waals surface area contributed by atoms with Crippen molar-refractivity contribution >= 4 is 9.84 Å². The van der Waals surface area contributed by atoms with Gasteiger partial charge in [-0.2, -0.15) is 5.10 Å². The lowest BCUT2D eigenvalue weighted by atomic mass is 9.98. The summed E-state index contributed by atoms with van der Waals surface area (Å²) >= 11 is 0. The highest BCUT2D eigenvalue weighted by Gasteiger charge is 2.13. The number of aromatic nitrogens is 2. The minimum absolute atomic E-state index is 0.310. The number of H-pyrrole nitrogens is 1. The van der Waals surface area contributed by atoms with Crippen LogP contribution in [0.5, 0.6) is 0 Å². The SMILES string of the molecule is Cc1ccc(-c2c[nH]nc2-c2ccc(S(C)(=O)=O)cc2)cc1C. The van der Waals surface area contributed by atoms with Gasteiger partial charge in [-0.15, -0.1) is 0 Å². The summed E-state index contributed by atoms with van der Waals surface area (Å²) < 4.78 is 23.1. The van der Waals surface area contributed by atoms with Crippen LogP contribution in [0.25, 0.3) is 22.4 Å². The van der Waals surface area contributed by atoms with Crippen molar-refractivity contribution < 1.29 is 8.42 Å². The Kier molecular flexibility index (Phi) is 3.82. The maximum Gasteiger partial charge on any atom is 0.175 e. The number of hydrogen-bond donors (Lipinski definition) is 1. The molecule has 0 aliphatic heterocycles. The van der Waals surface area contributed by atoms with E-state index in [0.717, 1.165) is 22.4 Å². The molecule has 3 rings (SSSR count). The quantitative estimate of drug-likeness (QED) is 0.797. The first-order chi connectivity index (χ1) is 10.9. The van der Waals surface area contributed by atoms with Crippen molar-refractivity contribution in [3.8, 4) is 22.4 Å². The predicted octanol–water partition coefficient (Wildman–Crippen LogP) is 3.76. The zero-order valence-corrected chi connectivity index (χ0v) is 14.1. The molecule has 0 aliphatic rings. The van der Waals surface area contributed by atoms with Gasteiger partial charge in [0.05, 0.1) is 10.6 Å². The van der Waals surface area contributed by atoms with Crippen LogP contribution >= 0.6 is 0 Å². The van der Waals surface area contributed by atoms with Gasteiger partial charge in [-0.1, -0.05) is 30.3 Å². The zero-order chi connectivity index (χ0) is 16.6. The van der Waals surface area contributed by atoms with Crippen LogP contribution in [-0.4, -0.2) is 24.9 Å². The van der Waals surface area contributed by atoms with Crippen molar-refractivity contribution in [1.82, 2.24) is 10.2 Å². The number of sulfone groups is 1. The maximum atomic E-state index is 11.6. The van der Waals surface area contributed by atoms with Gasteiger partial charge >= 0.3 is 0 Å². The van der Waals surface area contributed by atoms with Crippen LogP contribution in [0.4, 0.5) is 0 Å². The van der Waals surface area contributed by atoms with E-state index in [1.54, 1.807) is 24.3 Å².